The van der Waals surface area contributed by atoms with Crippen molar-refractivity contribution in [1.29, 1.82) is 0 Å². The first-order valence-corrected chi connectivity index (χ1v) is 12.6. The number of amides is 1. The average Bonchev–Trinajstić information content (AvgIpc) is 3.35. The Morgan fingerprint density at radius 1 is 1.15 bits per heavy atom. The van der Waals surface area contributed by atoms with Gasteiger partial charge in [-0.25, -0.2) is 9.59 Å². The Hall–Kier alpha value is -2.36. The molecule has 3 fully saturated rings. The second-order valence-corrected chi connectivity index (χ2v) is 9.45. The Kier molecular flexibility index (Phi) is 9.16. The number of carbonyl (C=O) groups is 4. The van der Waals surface area contributed by atoms with Crippen LogP contribution in [-0.2, 0) is 33.3 Å². The minimum atomic E-state index is -0.777. The van der Waals surface area contributed by atoms with Crippen LogP contribution in [-0.4, -0.2) is 78.5 Å². The molecule has 0 bridgehead atoms. The Morgan fingerprint density at radius 2 is 1.88 bits per heavy atom. The molecule has 1 N–H and O–H groups in total. The van der Waals surface area contributed by atoms with Crippen LogP contribution in [0.1, 0.15) is 72.6 Å². The molecular formula is C24H38N2O8. The van der Waals surface area contributed by atoms with E-state index < -0.39 is 42.5 Å². The predicted octanol–water partition coefficient (Wildman–Crippen LogP) is 2.32. The first-order valence-electron chi connectivity index (χ1n) is 12.6. The van der Waals surface area contributed by atoms with Gasteiger partial charge in [-0.2, -0.15) is 0 Å². The molecule has 0 spiro atoms. The zero-order valence-corrected chi connectivity index (χ0v) is 20.6. The molecule has 0 radical (unpaired) electrons. The van der Waals surface area contributed by atoms with E-state index in [4.69, 9.17) is 18.9 Å². The Labute approximate surface area is 201 Å². The van der Waals surface area contributed by atoms with Crippen LogP contribution in [0.2, 0.25) is 0 Å². The highest BCUT2D eigenvalue weighted by molar-refractivity contribution is 5.89. The molecule has 0 aromatic rings. The maximum absolute atomic E-state index is 13.6. The summed E-state index contributed by atoms with van der Waals surface area (Å²) in [5, 5.41) is 3.13. The lowest BCUT2D eigenvalue weighted by Crippen LogP contribution is -2.56. The maximum atomic E-state index is 13.6. The Bertz CT molecular complexity index is 759. The summed E-state index contributed by atoms with van der Waals surface area (Å²) in [6, 6.07) is -1.98. The molecule has 1 amide bonds. The Morgan fingerprint density at radius 3 is 2.53 bits per heavy atom. The number of ether oxygens (including phenoxy) is 4. The van der Waals surface area contributed by atoms with Crippen molar-refractivity contribution in [3.05, 3.63) is 0 Å². The lowest BCUT2D eigenvalue weighted by Gasteiger charge is -2.35. The summed E-state index contributed by atoms with van der Waals surface area (Å²) in [7, 11) is 0. The van der Waals surface area contributed by atoms with Crippen molar-refractivity contribution >= 4 is 24.0 Å². The van der Waals surface area contributed by atoms with Crippen LogP contribution in [0.4, 0.5) is 4.79 Å². The van der Waals surface area contributed by atoms with E-state index in [1.54, 1.807) is 25.7 Å². The molecule has 7 atom stereocenters. The van der Waals surface area contributed by atoms with Crippen LogP contribution in [0.3, 0.4) is 0 Å². The molecule has 3 aliphatic rings. The monoisotopic (exact) mass is 482 g/mol. The van der Waals surface area contributed by atoms with Crippen molar-refractivity contribution in [2.45, 2.75) is 109 Å². The van der Waals surface area contributed by atoms with Gasteiger partial charge in [0.2, 0.25) is 5.91 Å². The van der Waals surface area contributed by atoms with E-state index >= 15 is 0 Å². The van der Waals surface area contributed by atoms with Gasteiger partial charge < -0.3 is 23.8 Å². The first-order chi connectivity index (χ1) is 16.3. The van der Waals surface area contributed by atoms with Crippen LogP contribution >= 0.6 is 0 Å². The molecule has 2 heterocycles. The van der Waals surface area contributed by atoms with E-state index in [1.807, 2.05) is 6.92 Å². The molecule has 2 saturated heterocycles. The number of nitrogens with one attached hydrogen (secondary N) is 1. The zero-order chi connectivity index (χ0) is 24.8. The third kappa shape index (κ3) is 6.00. The van der Waals surface area contributed by atoms with E-state index in [1.165, 1.54) is 0 Å². The number of hydrogen-bond acceptors (Lipinski definition) is 9. The number of nitrogens with zero attached hydrogens (tertiary/aromatic N) is 1. The maximum Gasteiger partial charge on any atom is 0.509 e. The number of esters is 2. The van der Waals surface area contributed by atoms with Gasteiger partial charge >= 0.3 is 18.1 Å². The van der Waals surface area contributed by atoms with Crippen LogP contribution in [0.25, 0.3) is 0 Å². The smallest absolute Gasteiger partial charge is 0.465 e. The third-order valence-corrected chi connectivity index (χ3v) is 7.03. The lowest BCUT2D eigenvalue weighted by atomic mass is 9.84. The molecule has 34 heavy (non-hydrogen) atoms. The molecule has 2 aliphatic heterocycles. The van der Waals surface area contributed by atoms with Gasteiger partial charge in [0, 0.05) is 6.04 Å². The Balaban J connectivity index is 1.69. The fourth-order valence-corrected chi connectivity index (χ4v) is 5.29. The number of rotatable bonds is 10. The van der Waals surface area contributed by atoms with Gasteiger partial charge in [0.1, 0.15) is 24.8 Å². The van der Waals surface area contributed by atoms with E-state index in [-0.39, 0.29) is 37.0 Å². The van der Waals surface area contributed by atoms with E-state index in [0.717, 1.165) is 32.1 Å². The normalized spacial score (nSPS) is 30.1. The third-order valence-electron chi connectivity index (χ3n) is 7.03. The van der Waals surface area contributed by atoms with Crippen LogP contribution in [0.15, 0.2) is 0 Å². The van der Waals surface area contributed by atoms with Crippen molar-refractivity contribution in [1.82, 2.24) is 10.2 Å². The highest BCUT2D eigenvalue weighted by atomic mass is 16.8. The lowest BCUT2D eigenvalue weighted by molar-refractivity contribution is -0.158. The van der Waals surface area contributed by atoms with Crippen LogP contribution < -0.4 is 5.32 Å². The molecule has 10 heteroatoms. The molecule has 3 rings (SSSR count). The molecule has 0 aromatic heterocycles. The van der Waals surface area contributed by atoms with Crippen LogP contribution in [0, 0.1) is 5.92 Å². The molecule has 1 aliphatic carbocycles. The summed E-state index contributed by atoms with van der Waals surface area (Å²) in [6.07, 6.45) is 3.80. The number of carbonyl (C=O) groups excluding carboxylic acids is 4. The van der Waals surface area contributed by atoms with Gasteiger partial charge in [-0.3, -0.25) is 14.9 Å². The molecule has 192 valence electrons. The van der Waals surface area contributed by atoms with Crippen molar-refractivity contribution in [3.8, 4) is 0 Å². The number of fused-ring (bicyclic) bond motifs is 1. The van der Waals surface area contributed by atoms with E-state index in [9.17, 15) is 19.2 Å². The molecular weight excluding hydrogens is 444 g/mol. The standard InChI is InChI=1S/C24H38N2O8/c1-5-9-17(22(28)31-6-2)25-14(3)21(27)26-18-11-8-7-10-16(18)12-19(26)23(29)32-13-20-15(4)33-24(30)34-20/h14-20,25H,5-13H2,1-4H3/t14-,15?,16-,17-,18-,19-,20?/m0/s1. The molecule has 1 saturated carbocycles. The molecule has 2 unspecified atom stereocenters. The van der Waals surface area contributed by atoms with Gasteiger partial charge in [0.25, 0.3) is 0 Å². The first kappa shape index (κ1) is 26.2. The van der Waals surface area contributed by atoms with Gasteiger partial charge in [-0.15, -0.1) is 0 Å². The minimum absolute atomic E-state index is 0.0261. The SMILES string of the molecule is CCC[C@H](N[C@@H](C)C(=O)N1[C@H](C(=O)OCC2OC(=O)OC2C)C[C@@H]2CCCC[C@@H]21)C(=O)OCC. The molecule has 0 aromatic carbocycles. The summed E-state index contributed by atoms with van der Waals surface area (Å²) in [5.41, 5.74) is 0. The summed E-state index contributed by atoms with van der Waals surface area (Å²) >= 11 is 0. The highest BCUT2D eigenvalue weighted by Crippen LogP contribution is 2.40. The quantitative estimate of drug-likeness (QED) is 0.369. The van der Waals surface area contributed by atoms with E-state index in [0.29, 0.717) is 12.8 Å². The fraction of sp³-hybridized carbons (Fsp3) is 0.833. The summed E-state index contributed by atoms with van der Waals surface area (Å²) in [4.78, 5) is 52.0. The topological polar surface area (TPSA) is 120 Å². The highest BCUT2D eigenvalue weighted by Gasteiger charge is 2.49. The second-order valence-electron chi connectivity index (χ2n) is 9.45. The van der Waals surface area contributed by atoms with Gasteiger partial charge in [0.05, 0.1) is 12.6 Å². The number of likely N-dealkylation sites (tertiary alicyclic amines) is 1. The fourth-order valence-electron chi connectivity index (χ4n) is 5.29. The van der Waals surface area contributed by atoms with Gasteiger partial charge in [0.15, 0.2) is 6.10 Å². The van der Waals surface area contributed by atoms with Crippen molar-refractivity contribution < 1.29 is 38.1 Å². The van der Waals surface area contributed by atoms with Crippen molar-refractivity contribution in [2.24, 2.45) is 5.92 Å². The zero-order valence-electron chi connectivity index (χ0n) is 20.6. The van der Waals surface area contributed by atoms with Crippen molar-refractivity contribution in [3.63, 3.8) is 0 Å². The van der Waals surface area contributed by atoms with Crippen LogP contribution in [0.5, 0.6) is 0 Å². The number of hydrogen-bond donors (Lipinski definition) is 1. The summed E-state index contributed by atoms with van der Waals surface area (Å²) in [5.74, 6) is -0.851. The molecule has 10 nitrogen and oxygen atoms in total. The van der Waals surface area contributed by atoms with Crippen molar-refractivity contribution in [2.75, 3.05) is 13.2 Å². The van der Waals surface area contributed by atoms with Gasteiger partial charge in [-0.1, -0.05) is 26.2 Å². The predicted molar refractivity (Wildman–Crippen MR) is 121 cm³/mol. The average molecular weight is 483 g/mol. The summed E-state index contributed by atoms with van der Waals surface area (Å²) in [6.45, 7) is 7.26. The van der Waals surface area contributed by atoms with Gasteiger partial charge in [-0.05, 0) is 52.4 Å². The second kappa shape index (κ2) is 11.9. The number of cyclic esters (lactones) is 2. The minimum Gasteiger partial charge on any atom is -0.465 e. The largest absolute Gasteiger partial charge is 0.509 e. The summed E-state index contributed by atoms with van der Waals surface area (Å²) < 4.78 is 20.6. The van der Waals surface area contributed by atoms with E-state index in [2.05, 4.69) is 5.32 Å².